The number of benzene rings is 2. The SMILES string of the molecule is O=c1[nH]c(-c2nc3ccccc3cc2CO)nc2ccccc12. The zero-order valence-electron chi connectivity index (χ0n) is 12.2. The Balaban J connectivity index is 2.03. The number of aliphatic hydroxyl groups is 1. The fraction of sp³-hybridized carbons (Fsp3) is 0.0556. The Bertz CT molecular complexity index is 1090. The van der Waals surface area contributed by atoms with Crippen molar-refractivity contribution in [2.24, 2.45) is 0 Å². The number of rotatable bonds is 2. The molecule has 4 rings (SSSR count). The fourth-order valence-corrected chi connectivity index (χ4v) is 2.68. The van der Waals surface area contributed by atoms with Gasteiger partial charge in [-0.15, -0.1) is 0 Å². The predicted molar refractivity (Wildman–Crippen MR) is 89.0 cm³/mol. The first kappa shape index (κ1) is 13.6. The second kappa shape index (κ2) is 5.30. The van der Waals surface area contributed by atoms with Gasteiger partial charge in [-0.1, -0.05) is 30.3 Å². The molecule has 0 radical (unpaired) electrons. The van der Waals surface area contributed by atoms with Gasteiger partial charge in [-0.25, -0.2) is 9.97 Å². The number of nitrogens with one attached hydrogen (secondary N) is 1. The third-order valence-corrected chi connectivity index (χ3v) is 3.81. The maximum absolute atomic E-state index is 12.3. The van der Waals surface area contributed by atoms with Crippen molar-refractivity contribution >= 4 is 21.8 Å². The van der Waals surface area contributed by atoms with Crippen LogP contribution < -0.4 is 5.56 Å². The van der Waals surface area contributed by atoms with E-state index in [2.05, 4.69) is 15.0 Å². The molecule has 2 N–H and O–H groups in total. The normalized spacial score (nSPS) is 11.2. The highest BCUT2D eigenvalue weighted by Crippen LogP contribution is 2.23. The highest BCUT2D eigenvalue weighted by molar-refractivity contribution is 5.84. The Morgan fingerprint density at radius 3 is 2.52 bits per heavy atom. The second-order valence-electron chi connectivity index (χ2n) is 5.28. The van der Waals surface area contributed by atoms with Crippen LogP contribution in [0.3, 0.4) is 0 Å². The maximum Gasteiger partial charge on any atom is 0.259 e. The van der Waals surface area contributed by atoms with E-state index in [1.807, 2.05) is 36.4 Å². The number of fused-ring (bicyclic) bond motifs is 2. The van der Waals surface area contributed by atoms with Crippen LogP contribution in [0.15, 0.2) is 59.4 Å². The molecule has 2 aromatic heterocycles. The summed E-state index contributed by atoms with van der Waals surface area (Å²) >= 11 is 0. The van der Waals surface area contributed by atoms with E-state index in [1.54, 1.807) is 18.2 Å². The first-order valence-corrected chi connectivity index (χ1v) is 7.25. The van der Waals surface area contributed by atoms with Crippen molar-refractivity contribution < 1.29 is 5.11 Å². The lowest BCUT2D eigenvalue weighted by molar-refractivity contribution is 0.282. The zero-order valence-corrected chi connectivity index (χ0v) is 12.2. The van der Waals surface area contributed by atoms with E-state index < -0.39 is 0 Å². The van der Waals surface area contributed by atoms with Crippen molar-refractivity contribution in [1.29, 1.82) is 0 Å². The molecule has 2 aromatic carbocycles. The summed E-state index contributed by atoms with van der Waals surface area (Å²) in [7, 11) is 0. The smallest absolute Gasteiger partial charge is 0.259 e. The quantitative estimate of drug-likeness (QED) is 0.596. The van der Waals surface area contributed by atoms with Crippen LogP contribution in [-0.4, -0.2) is 20.1 Å². The van der Waals surface area contributed by atoms with Gasteiger partial charge in [0.2, 0.25) is 0 Å². The van der Waals surface area contributed by atoms with Gasteiger partial charge < -0.3 is 10.1 Å². The van der Waals surface area contributed by atoms with Crippen LogP contribution in [-0.2, 0) is 6.61 Å². The molecule has 5 nitrogen and oxygen atoms in total. The first-order valence-electron chi connectivity index (χ1n) is 7.25. The minimum Gasteiger partial charge on any atom is -0.392 e. The Kier molecular flexibility index (Phi) is 3.13. The molecule has 0 aliphatic carbocycles. The number of hydrogen-bond acceptors (Lipinski definition) is 4. The van der Waals surface area contributed by atoms with E-state index in [1.165, 1.54) is 0 Å². The average Bonchev–Trinajstić information content (AvgIpc) is 2.60. The van der Waals surface area contributed by atoms with Crippen LogP contribution in [0.25, 0.3) is 33.3 Å². The topological polar surface area (TPSA) is 78.9 Å². The lowest BCUT2D eigenvalue weighted by Crippen LogP contribution is -2.11. The standard InChI is InChI=1S/C18H13N3O2/c22-10-12-9-11-5-1-3-7-14(11)19-16(12)17-20-15-8-4-2-6-13(15)18(23)21-17/h1-9,22H,10H2,(H,20,21,23). The summed E-state index contributed by atoms with van der Waals surface area (Å²) in [5.41, 5.74) is 2.29. The van der Waals surface area contributed by atoms with Crippen LogP contribution >= 0.6 is 0 Å². The van der Waals surface area contributed by atoms with Crippen LogP contribution in [0.4, 0.5) is 0 Å². The van der Waals surface area contributed by atoms with Crippen molar-refractivity contribution in [2.45, 2.75) is 6.61 Å². The Morgan fingerprint density at radius 2 is 1.70 bits per heavy atom. The van der Waals surface area contributed by atoms with Crippen molar-refractivity contribution in [3.63, 3.8) is 0 Å². The summed E-state index contributed by atoms with van der Waals surface area (Å²) < 4.78 is 0. The summed E-state index contributed by atoms with van der Waals surface area (Å²) in [4.78, 5) is 24.1. The molecular weight excluding hydrogens is 290 g/mol. The minimum absolute atomic E-state index is 0.177. The van der Waals surface area contributed by atoms with Gasteiger partial charge in [-0.05, 0) is 24.3 Å². The third-order valence-electron chi connectivity index (χ3n) is 3.81. The molecule has 0 fully saturated rings. The van der Waals surface area contributed by atoms with E-state index >= 15 is 0 Å². The largest absolute Gasteiger partial charge is 0.392 e. The molecule has 0 aliphatic rings. The number of aromatic amines is 1. The molecular formula is C18H13N3O2. The molecule has 0 aliphatic heterocycles. The Hall–Kier alpha value is -3.05. The van der Waals surface area contributed by atoms with Crippen molar-refractivity contribution in [3.05, 3.63) is 70.5 Å². The molecule has 0 spiro atoms. The van der Waals surface area contributed by atoms with Gasteiger partial charge in [0.1, 0.15) is 5.69 Å². The van der Waals surface area contributed by atoms with E-state index in [4.69, 9.17) is 0 Å². The first-order chi connectivity index (χ1) is 11.3. The summed E-state index contributed by atoms with van der Waals surface area (Å²) in [5, 5.41) is 11.1. The van der Waals surface area contributed by atoms with Crippen LogP contribution in [0.2, 0.25) is 0 Å². The van der Waals surface area contributed by atoms with Crippen LogP contribution in [0.5, 0.6) is 0 Å². The number of pyridine rings is 1. The molecule has 23 heavy (non-hydrogen) atoms. The van der Waals surface area contributed by atoms with E-state index in [9.17, 15) is 9.90 Å². The van der Waals surface area contributed by atoms with E-state index in [0.29, 0.717) is 28.0 Å². The number of hydrogen-bond donors (Lipinski definition) is 2. The summed E-state index contributed by atoms with van der Waals surface area (Å²) in [6.45, 7) is -0.177. The maximum atomic E-state index is 12.3. The van der Waals surface area contributed by atoms with Crippen LogP contribution in [0, 0.1) is 0 Å². The lowest BCUT2D eigenvalue weighted by Gasteiger charge is -2.09. The molecule has 0 bridgehead atoms. The molecule has 0 unspecified atom stereocenters. The lowest BCUT2D eigenvalue weighted by atomic mass is 10.1. The molecule has 112 valence electrons. The molecule has 0 saturated heterocycles. The number of para-hydroxylation sites is 2. The van der Waals surface area contributed by atoms with Crippen LogP contribution in [0.1, 0.15) is 5.56 Å². The summed E-state index contributed by atoms with van der Waals surface area (Å²) in [6.07, 6.45) is 0. The zero-order chi connectivity index (χ0) is 15.8. The molecule has 0 atom stereocenters. The second-order valence-corrected chi connectivity index (χ2v) is 5.28. The number of nitrogens with zero attached hydrogens (tertiary/aromatic N) is 2. The molecule has 5 heteroatoms. The third kappa shape index (κ3) is 2.27. The van der Waals surface area contributed by atoms with Gasteiger partial charge in [-0.3, -0.25) is 4.79 Å². The average molecular weight is 303 g/mol. The van der Waals surface area contributed by atoms with Crippen molar-refractivity contribution in [2.75, 3.05) is 0 Å². The Morgan fingerprint density at radius 1 is 0.957 bits per heavy atom. The summed E-state index contributed by atoms with van der Waals surface area (Å²) in [5.74, 6) is 0.364. The van der Waals surface area contributed by atoms with Gasteiger partial charge in [0.25, 0.3) is 5.56 Å². The Labute approximate surface area is 131 Å². The molecule has 0 amide bonds. The number of H-pyrrole nitrogens is 1. The predicted octanol–water partition coefficient (Wildman–Crippen LogP) is 2.63. The molecule has 2 heterocycles. The number of aromatic nitrogens is 3. The van der Waals surface area contributed by atoms with Crippen molar-refractivity contribution in [1.82, 2.24) is 15.0 Å². The van der Waals surface area contributed by atoms with E-state index in [-0.39, 0.29) is 12.2 Å². The van der Waals surface area contributed by atoms with Gasteiger partial charge in [-0.2, -0.15) is 0 Å². The van der Waals surface area contributed by atoms with Gasteiger partial charge >= 0.3 is 0 Å². The van der Waals surface area contributed by atoms with Crippen molar-refractivity contribution in [3.8, 4) is 11.5 Å². The summed E-state index contributed by atoms with van der Waals surface area (Å²) in [6, 6.07) is 16.6. The van der Waals surface area contributed by atoms with Gasteiger partial charge in [0, 0.05) is 10.9 Å². The van der Waals surface area contributed by atoms with E-state index in [0.717, 1.165) is 10.9 Å². The van der Waals surface area contributed by atoms with Gasteiger partial charge in [0.05, 0.1) is 23.0 Å². The molecule has 4 aromatic rings. The molecule has 0 saturated carbocycles. The minimum atomic E-state index is -0.218. The highest BCUT2D eigenvalue weighted by atomic mass is 16.3. The van der Waals surface area contributed by atoms with Gasteiger partial charge in [0.15, 0.2) is 5.82 Å². The monoisotopic (exact) mass is 303 g/mol. The highest BCUT2D eigenvalue weighted by Gasteiger charge is 2.12. The number of aliphatic hydroxyl groups excluding tert-OH is 1. The fourth-order valence-electron chi connectivity index (χ4n) is 2.68.